The average molecular weight is 245 g/mol. The van der Waals surface area contributed by atoms with Crippen LogP contribution in [0.15, 0.2) is 30.3 Å². The van der Waals surface area contributed by atoms with Gasteiger partial charge in [-0.3, -0.25) is 0 Å². The zero-order valence-corrected chi connectivity index (χ0v) is 10.4. The Kier molecular flexibility index (Phi) is 4.00. The lowest BCUT2D eigenvalue weighted by Crippen LogP contribution is -2.37. The Labute approximate surface area is 108 Å². The summed E-state index contributed by atoms with van der Waals surface area (Å²) in [6.07, 6.45) is 2.57. The molecular formula is C15H19NO2. The smallest absolute Gasteiger partial charge is 0.0826 e. The van der Waals surface area contributed by atoms with Crippen LogP contribution in [0.4, 0.5) is 0 Å². The van der Waals surface area contributed by atoms with E-state index in [4.69, 9.17) is 5.11 Å². The molecule has 0 amide bonds. The van der Waals surface area contributed by atoms with E-state index in [1.54, 1.807) is 0 Å². The van der Waals surface area contributed by atoms with Gasteiger partial charge in [-0.15, -0.1) is 0 Å². The summed E-state index contributed by atoms with van der Waals surface area (Å²) >= 11 is 0. The van der Waals surface area contributed by atoms with E-state index in [0.717, 1.165) is 24.8 Å². The Morgan fingerprint density at radius 3 is 2.72 bits per heavy atom. The van der Waals surface area contributed by atoms with Gasteiger partial charge in [-0.25, -0.2) is 0 Å². The topological polar surface area (TPSA) is 64.2 Å². The highest BCUT2D eigenvalue weighted by atomic mass is 16.3. The van der Waals surface area contributed by atoms with Crippen LogP contribution in [-0.2, 0) is 5.41 Å². The Morgan fingerprint density at radius 1 is 1.39 bits per heavy atom. The highest BCUT2D eigenvalue weighted by Crippen LogP contribution is 2.42. The molecule has 0 aromatic heterocycles. The standard InChI is InChI=1S/C15H19NO2/c16-11-15(13-6-2-1-3-7-13)8-4-5-12(9-15)14(18)10-17/h1-3,6-7,12,14,17-18H,4-5,8-10H2. The molecule has 0 saturated heterocycles. The minimum Gasteiger partial charge on any atom is -0.394 e. The second-order valence-electron chi connectivity index (χ2n) is 5.17. The molecule has 1 aliphatic rings. The van der Waals surface area contributed by atoms with Gasteiger partial charge in [-0.2, -0.15) is 5.26 Å². The van der Waals surface area contributed by atoms with Gasteiger partial charge in [0, 0.05) is 0 Å². The molecular weight excluding hydrogens is 226 g/mol. The number of hydrogen-bond donors (Lipinski definition) is 2. The number of hydrogen-bond acceptors (Lipinski definition) is 3. The first-order valence-electron chi connectivity index (χ1n) is 6.47. The van der Waals surface area contributed by atoms with Crippen molar-refractivity contribution in [1.82, 2.24) is 0 Å². The van der Waals surface area contributed by atoms with Crippen molar-refractivity contribution in [2.75, 3.05) is 6.61 Å². The van der Waals surface area contributed by atoms with Gasteiger partial charge in [0.25, 0.3) is 0 Å². The summed E-state index contributed by atoms with van der Waals surface area (Å²) in [6, 6.07) is 12.2. The van der Waals surface area contributed by atoms with Crippen molar-refractivity contribution in [2.45, 2.75) is 37.2 Å². The van der Waals surface area contributed by atoms with Gasteiger partial charge in [0.15, 0.2) is 0 Å². The summed E-state index contributed by atoms with van der Waals surface area (Å²) in [6.45, 7) is -0.221. The third-order valence-corrected chi connectivity index (χ3v) is 4.06. The minimum atomic E-state index is -0.707. The van der Waals surface area contributed by atoms with Crippen LogP contribution >= 0.6 is 0 Å². The van der Waals surface area contributed by atoms with Crippen molar-refractivity contribution in [3.05, 3.63) is 35.9 Å². The summed E-state index contributed by atoms with van der Waals surface area (Å²) in [7, 11) is 0. The highest BCUT2D eigenvalue weighted by Gasteiger charge is 2.40. The number of nitriles is 1. The molecule has 96 valence electrons. The number of aliphatic hydroxyl groups excluding tert-OH is 2. The fourth-order valence-electron chi connectivity index (χ4n) is 2.98. The van der Waals surface area contributed by atoms with E-state index >= 15 is 0 Å². The number of nitrogens with zero attached hydrogens (tertiary/aromatic N) is 1. The van der Waals surface area contributed by atoms with E-state index in [1.807, 2.05) is 30.3 Å². The predicted molar refractivity (Wildman–Crippen MR) is 68.8 cm³/mol. The third kappa shape index (κ3) is 2.40. The van der Waals surface area contributed by atoms with Crippen molar-refractivity contribution >= 4 is 0 Å². The van der Waals surface area contributed by atoms with Crippen LogP contribution in [0.1, 0.15) is 31.2 Å². The zero-order valence-electron chi connectivity index (χ0n) is 10.4. The third-order valence-electron chi connectivity index (χ3n) is 4.06. The van der Waals surface area contributed by atoms with Crippen molar-refractivity contribution in [3.8, 4) is 6.07 Å². The maximum absolute atomic E-state index is 9.80. The van der Waals surface area contributed by atoms with Gasteiger partial charge in [0.05, 0.1) is 24.2 Å². The van der Waals surface area contributed by atoms with E-state index in [2.05, 4.69) is 6.07 Å². The van der Waals surface area contributed by atoms with Crippen LogP contribution in [-0.4, -0.2) is 22.9 Å². The Bertz CT molecular complexity index is 426. The van der Waals surface area contributed by atoms with E-state index < -0.39 is 11.5 Å². The molecule has 3 atom stereocenters. The second-order valence-corrected chi connectivity index (χ2v) is 5.17. The normalized spacial score (nSPS) is 29.5. The monoisotopic (exact) mass is 245 g/mol. The van der Waals surface area contributed by atoms with Crippen LogP contribution in [0, 0.1) is 17.2 Å². The summed E-state index contributed by atoms with van der Waals surface area (Å²) in [5.74, 6) is 0.0172. The molecule has 0 heterocycles. The molecule has 3 nitrogen and oxygen atoms in total. The first-order chi connectivity index (χ1) is 8.72. The lowest BCUT2D eigenvalue weighted by Gasteiger charge is -2.37. The molecule has 1 fully saturated rings. The summed E-state index contributed by atoms with van der Waals surface area (Å²) < 4.78 is 0. The molecule has 1 aliphatic carbocycles. The predicted octanol–water partition coefficient (Wildman–Crippen LogP) is 1.99. The van der Waals surface area contributed by atoms with Crippen LogP contribution in [0.5, 0.6) is 0 Å². The second kappa shape index (κ2) is 5.51. The van der Waals surface area contributed by atoms with E-state index in [-0.39, 0.29) is 12.5 Å². The molecule has 0 radical (unpaired) electrons. The molecule has 0 spiro atoms. The molecule has 1 aromatic carbocycles. The van der Waals surface area contributed by atoms with Crippen LogP contribution in [0.3, 0.4) is 0 Å². The SMILES string of the molecule is N#CC1(c2ccccc2)CCCC(C(O)CO)C1. The molecule has 3 heteroatoms. The van der Waals surface area contributed by atoms with Gasteiger partial charge < -0.3 is 10.2 Å². The largest absolute Gasteiger partial charge is 0.394 e. The molecule has 3 unspecified atom stereocenters. The maximum Gasteiger partial charge on any atom is 0.0826 e. The molecule has 0 aliphatic heterocycles. The van der Waals surface area contributed by atoms with E-state index in [1.165, 1.54) is 0 Å². The van der Waals surface area contributed by atoms with Gasteiger partial charge in [-0.1, -0.05) is 36.8 Å². The first-order valence-corrected chi connectivity index (χ1v) is 6.47. The summed E-state index contributed by atoms with van der Waals surface area (Å²) in [5, 5.41) is 28.4. The summed E-state index contributed by atoms with van der Waals surface area (Å²) in [4.78, 5) is 0. The van der Waals surface area contributed by atoms with Crippen molar-refractivity contribution in [1.29, 1.82) is 5.26 Å². The molecule has 2 N–H and O–H groups in total. The van der Waals surface area contributed by atoms with Crippen molar-refractivity contribution in [2.24, 2.45) is 5.92 Å². The van der Waals surface area contributed by atoms with Gasteiger partial charge in [0.1, 0.15) is 0 Å². The van der Waals surface area contributed by atoms with Gasteiger partial charge >= 0.3 is 0 Å². The molecule has 1 aromatic rings. The van der Waals surface area contributed by atoms with E-state index in [0.29, 0.717) is 6.42 Å². The van der Waals surface area contributed by atoms with Gasteiger partial charge in [-0.05, 0) is 30.7 Å². The zero-order chi connectivity index (χ0) is 13.0. The molecule has 1 saturated carbocycles. The Balaban J connectivity index is 2.26. The number of aliphatic hydroxyl groups is 2. The molecule has 18 heavy (non-hydrogen) atoms. The van der Waals surface area contributed by atoms with E-state index in [9.17, 15) is 10.4 Å². The van der Waals surface area contributed by atoms with Crippen molar-refractivity contribution in [3.63, 3.8) is 0 Å². The summed E-state index contributed by atoms with van der Waals surface area (Å²) in [5.41, 5.74) is 0.530. The van der Waals surface area contributed by atoms with Crippen LogP contribution in [0.25, 0.3) is 0 Å². The van der Waals surface area contributed by atoms with Crippen LogP contribution in [0.2, 0.25) is 0 Å². The van der Waals surface area contributed by atoms with Crippen LogP contribution < -0.4 is 0 Å². The lowest BCUT2D eigenvalue weighted by atomic mass is 9.65. The van der Waals surface area contributed by atoms with Gasteiger partial charge in [0.2, 0.25) is 0 Å². The average Bonchev–Trinajstić information content (AvgIpc) is 2.47. The Hall–Kier alpha value is -1.37. The highest BCUT2D eigenvalue weighted by molar-refractivity contribution is 5.33. The maximum atomic E-state index is 9.80. The Morgan fingerprint density at radius 2 is 2.11 bits per heavy atom. The van der Waals surface area contributed by atoms with Crippen molar-refractivity contribution < 1.29 is 10.2 Å². The quantitative estimate of drug-likeness (QED) is 0.856. The number of benzene rings is 1. The lowest BCUT2D eigenvalue weighted by molar-refractivity contribution is 0.0229. The minimum absolute atomic E-state index is 0.0172. The fraction of sp³-hybridized carbons (Fsp3) is 0.533. The first kappa shape index (κ1) is 13.1. The molecule has 0 bridgehead atoms. The fourth-order valence-corrected chi connectivity index (χ4v) is 2.98. The number of rotatable bonds is 3. The molecule has 2 rings (SSSR count).